The van der Waals surface area contributed by atoms with Crippen molar-refractivity contribution in [1.29, 1.82) is 0 Å². The Hall–Kier alpha value is -4.87. The summed E-state index contributed by atoms with van der Waals surface area (Å²) in [5.74, 6) is -2.65. The summed E-state index contributed by atoms with van der Waals surface area (Å²) < 4.78 is 19.6. The fraction of sp³-hybridized carbons (Fsp3) is 0.167. The number of hydrazine groups is 1. The smallest absolute Gasteiger partial charge is 0.305 e. The van der Waals surface area contributed by atoms with Crippen LogP contribution in [0, 0.1) is 22.9 Å². The summed E-state index contributed by atoms with van der Waals surface area (Å²) in [6.45, 7) is 1.63. The zero-order chi connectivity index (χ0) is 25.8. The van der Waals surface area contributed by atoms with Crippen molar-refractivity contribution in [3.63, 3.8) is 0 Å². The van der Waals surface area contributed by atoms with Crippen molar-refractivity contribution in [2.75, 3.05) is 0 Å². The number of hydrogen-bond donors (Lipinski definition) is 3. The lowest BCUT2D eigenvalue weighted by molar-refractivity contribution is -0.385. The van der Waals surface area contributed by atoms with Crippen LogP contribution in [0.4, 0.5) is 10.1 Å². The molecular formula is C24H20FN5O6. The van der Waals surface area contributed by atoms with Crippen molar-refractivity contribution in [2.45, 2.75) is 26.2 Å². The van der Waals surface area contributed by atoms with Gasteiger partial charge in [-0.15, -0.1) is 0 Å². The Balaban J connectivity index is 1.50. The Kier molecular flexibility index (Phi) is 6.86. The minimum absolute atomic E-state index is 0.0853. The molecule has 0 unspecified atom stereocenters. The third kappa shape index (κ3) is 4.82. The average molecular weight is 493 g/mol. The Bertz CT molecular complexity index is 1410. The molecule has 3 aromatic rings. The summed E-state index contributed by atoms with van der Waals surface area (Å²) in [4.78, 5) is 47.9. The first-order chi connectivity index (χ1) is 17.3. The van der Waals surface area contributed by atoms with E-state index in [1.165, 1.54) is 48.5 Å². The number of halogens is 1. The predicted molar refractivity (Wildman–Crippen MR) is 125 cm³/mol. The molecule has 3 amide bonds. The summed E-state index contributed by atoms with van der Waals surface area (Å²) in [5.41, 5.74) is 7.34. The first-order valence-corrected chi connectivity index (χ1v) is 10.9. The van der Waals surface area contributed by atoms with Crippen molar-refractivity contribution in [1.82, 2.24) is 16.3 Å². The van der Waals surface area contributed by atoms with Crippen LogP contribution < -0.4 is 16.3 Å². The molecule has 1 aliphatic rings. The van der Waals surface area contributed by atoms with Crippen LogP contribution >= 0.6 is 0 Å². The van der Waals surface area contributed by atoms with Crippen LogP contribution in [0.5, 0.6) is 0 Å². The van der Waals surface area contributed by atoms with E-state index in [9.17, 15) is 28.9 Å². The lowest BCUT2D eigenvalue weighted by atomic mass is 9.93. The quantitative estimate of drug-likeness (QED) is 0.366. The summed E-state index contributed by atoms with van der Waals surface area (Å²) in [6, 6.07) is 10.8. The highest BCUT2D eigenvalue weighted by atomic mass is 19.1. The normalized spacial score (nSPS) is 13.6. The lowest BCUT2D eigenvalue weighted by Crippen LogP contribution is -2.42. The highest BCUT2D eigenvalue weighted by Gasteiger charge is 2.29. The minimum Gasteiger partial charge on any atom is -0.455 e. The van der Waals surface area contributed by atoms with Gasteiger partial charge < -0.3 is 4.42 Å². The molecule has 0 saturated carbocycles. The summed E-state index contributed by atoms with van der Waals surface area (Å²) in [5, 5.41) is 15.3. The monoisotopic (exact) mass is 493 g/mol. The maximum absolute atomic E-state index is 13.9. The van der Waals surface area contributed by atoms with Gasteiger partial charge in [0, 0.05) is 23.6 Å². The second-order valence-electron chi connectivity index (χ2n) is 7.87. The van der Waals surface area contributed by atoms with E-state index in [-0.39, 0.29) is 16.9 Å². The number of carbonyl (C=O) groups is 3. The molecule has 0 atom stereocenters. The molecular weight excluding hydrogens is 473 g/mol. The van der Waals surface area contributed by atoms with Crippen molar-refractivity contribution in [3.8, 4) is 0 Å². The molecule has 3 N–H and O–H groups in total. The molecule has 0 spiro atoms. The first kappa shape index (κ1) is 24.3. The largest absolute Gasteiger partial charge is 0.455 e. The fourth-order valence-corrected chi connectivity index (χ4v) is 3.88. The van der Waals surface area contributed by atoms with Gasteiger partial charge in [-0.25, -0.2) is 9.82 Å². The summed E-state index contributed by atoms with van der Waals surface area (Å²) in [7, 11) is 0. The zero-order valence-electron chi connectivity index (χ0n) is 19.0. The van der Waals surface area contributed by atoms with Gasteiger partial charge in [-0.2, -0.15) is 5.10 Å². The zero-order valence-corrected chi connectivity index (χ0v) is 19.0. The molecule has 184 valence electrons. The van der Waals surface area contributed by atoms with E-state index < -0.39 is 34.1 Å². The van der Waals surface area contributed by atoms with Crippen LogP contribution in [0.3, 0.4) is 0 Å². The number of carbonyl (C=O) groups excluding carboxylic acids is 3. The number of rotatable bonds is 5. The molecule has 2 aromatic carbocycles. The third-order valence-electron chi connectivity index (χ3n) is 5.58. The second kappa shape index (κ2) is 10.2. The van der Waals surface area contributed by atoms with Crippen LogP contribution in [0.2, 0.25) is 0 Å². The first-order valence-electron chi connectivity index (χ1n) is 10.9. The molecule has 0 saturated heterocycles. The number of nitro benzene ring substituents is 1. The number of nitrogens with zero attached hydrogens (tertiary/aromatic N) is 2. The van der Waals surface area contributed by atoms with Crippen molar-refractivity contribution < 1.29 is 28.1 Å². The lowest BCUT2D eigenvalue weighted by Gasteiger charge is -2.13. The van der Waals surface area contributed by atoms with Crippen molar-refractivity contribution in [2.24, 2.45) is 5.10 Å². The Morgan fingerprint density at radius 3 is 2.36 bits per heavy atom. The summed E-state index contributed by atoms with van der Waals surface area (Å²) >= 11 is 0. The average Bonchev–Trinajstić information content (AvgIpc) is 3.23. The highest BCUT2D eigenvalue weighted by Crippen LogP contribution is 2.30. The number of benzene rings is 2. The molecule has 0 radical (unpaired) electrons. The molecule has 0 aliphatic heterocycles. The van der Waals surface area contributed by atoms with E-state index in [1.807, 2.05) is 0 Å². The third-order valence-corrected chi connectivity index (χ3v) is 5.58. The molecule has 0 bridgehead atoms. The standard InChI is InChI=1S/C24H20FN5O6/c1-13-20-17(26-27-22(31)14-7-2-4-9-16(14)25)10-6-12-19(20)36-21(13)24(33)29-28-23(32)15-8-3-5-11-18(15)30(34)35/h2-5,7-9,11H,6,10,12H2,1H3,(H,27,31)(H,28,32)(H,29,33)/b26-17+. The van der Waals surface area contributed by atoms with E-state index in [0.717, 1.165) is 0 Å². The van der Waals surface area contributed by atoms with Crippen LogP contribution in [0.15, 0.2) is 58.0 Å². The Labute approximate surface area is 203 Å². The minimum atomic E-state index is -0.872. The topological polar surface area (TPSA) is 156 Å². The van der Waals surface area contributed by atoms with Gasteiger partial charge in [0.15, 0.2) is 5.76 Å². The molecule has 11 nitrogen and oxygen atoms in total. The molecule has 36 heavy (non-hydrogen) atoms. The number of para-hydroxylation sites is 1. The number of nitro groups is 1. The molecule has 1 aromatic heterocycles. The number of hydrogen-bond acceptors (Lipinski definition) is 7. The van der Waals surface area contributed by atoms with E-state index in [1.54, 1.807) is 6.92 Å². The maximum Gasteiger partial charge on any atom is 0.305 e. The van der Waals surface area contributed by atoms with Crippen molar-refractivity contribution in [3.05, 3.63) is 98.2 Å². The van der Waals surface area contributed by atoms with E-state index in [2.05, 4.69) is 21.4 Å². The molecule has 1 aliphatic carbocycles. The number of furan rings is 1. The van der Waals surface area contributed by atoms with E-state index in [4.69, 9.17) is 4.42 Å². The number of aryl methyl sites for hydroxylation is 1. The van der Waals surface area contributed by atoms with Crippen LogP contribution in [-0.2, 0) is 6.42 Å². The summed E-state index contributed by atoms with van der Waals surface area (Å²) in [6.07, 6.45) is 1.65. The molecule has 0 fully saturated rings. The van der Waals surface area contributed by atoms with Crippen LogP contribution in [-0.4, -0.2) is 28.4 Å². The van der Waals surface area contributed by atoms with E-state index >= 15 is 0 Å². The van der Waals surface area contributed by atoms with E-state index in [0.29, 0.717) is 41.9 Å². The number of hydrazone groups is 1. The number of fused-ring (bicyclic) bond motifs is 1. The van der Waals surface area contributed by atoms with Gasteiger partial charge >= 0.3 is 5.91 Å². The van der Waals surface area contributed by atoms with Gasteiger partial charge in [-0.1, -0.05) is 24.3 Å². The van der Waals surface area contributed by atoms with Gasteiger partial charge in [-0.3, -0.25) is 35.3 Å². The van der Waals surface area contributed by atoms with Gasteiger partial charge in [-0.05, 0) is 38.0 Å². The maximum atomic E-state index is 13.9. The Morgan fingerprint density at radius 2 is 1.64 bits per heavy atom. The van der Waals surface area contributed by atoms with Gasteiger partial charge in [0.2, 0.25) is 0 Å². The van der Waals surface area contributed by atoms with Crippen LogP contribution in [0.25, 0.3) is 0 Å². The second-order valence-corrected chi connectivity index (χ2v) is 7.87. The SMILES string of the molecule is Cc1c(C(=O)NNC(=O)c2ccccc2[N+](=O)[O-])oc2c1/C(=N/NC(=O)c1ccccc1F)CCC2. The van der Waals surface area contributed by atoms with Gasteiger partial charge in [0.05, 0.1) is 16.2 Å². The Morgan fingerprint density at radius 1 is 0.972 bits per heavy atom. The highest BCUT2D eigenvalue weighted by molar-refractivity contribution is 6.07. The number of amides is 3. The fourth-order valence-electron chi connectivity index (χ4n) is 3.88. The molecule has 1 heterocycles. The van der Waals surface area contributed by atoms with Crippen molar-refractivity contribution >= 4 is 29.1 Å². The molecule has 4 rings (SSSR count). The van der Waals surface area contributed by atoms with Gasteiger partial charge in [0.1, 0.15) is 17.1 Å². The predicted octanol–water partition coefficient (Wildman–Crippen LogP) is 3.18. The van der Waals surface area contributed by atoms with Gasteiger partial charge in [0.25, 0.3) is 17.5 Å². The van der Waals surface area contributed by atoms with Crippen LogP contribution in [0.1, 0.15) is 61.0 Å². The number of nitrogens with one attached hydrogen (secondary N) is 3. The molecule has 12 heteroatoms.